The van der Waals surface area contributed by atoms with Gasteiger partial charge in [0, 0.05) is 5.02 Å². The van der Waals surface area contributed by atoms with Crippen LogP contribution in [0.3, 0.4) is 0 Å². The van der Waals surface area contributed by atoms with Crippen molar-refractivity contribution in [3.05, 3.63) is 34.3 Å². The number of carbonyl (C=O) groups excluding carboxylic acids is 1. The molecule has 1 aromatic rings. The van der Waals surface area contributed by atoms with Crippen molar-refractivity contribution in [2.24, 2.45) is 0 Å². The van der Waals surface area contributed by atoms with Crippen LogP contribution in [0.5, 0.6) is 0 Å². The van der Waals surface area contributed by atoms with Gasteiger partial charge in [0.15, 0.2) is 0 Å². The van der Waals surface area contributed by atoms with Gasteiger partial charge in [0.25, 0.3) is 0 Å². The summed E-state index contributed by atoms with van der Waals surface area (Å²) in [5.41, 5.74) is 2.05. The fourth-order valence-electron chi connectivity index (χ4n) is 1.33. The van der Waals surface area contributed by atoms with Crippen LogP contribution in [0.4, 0.5) is 0 Å². The number of halogens is 2. The maximum Gasteiger partial charge on any atom is 0.320 e. The summed E-state index contributed by atoms with van der Waals surface area (Å²) in [6.45, 7) is 4.16. The molecule has 0 spiro atoms. The number of hydrogen-bond acceptors (Lipinski definition) is 2. The van der Waals surface area contributed by atoms with E-state index in [-0.39, 0.29) is 10.8 Å². The Balaban J connectivity index is 2.69. The summed E-state index contributed by atoms with van der Waals surface area (Å²) in [5.74, 6) is -0.251. The molecule has 1 unspecified atom stereocenters. The van der Waals surface area contributed by atoms with Gasteiger partial charge in [-0.05, 0) is 37.5 Å². The number of rotatable bonds is 4. The van der Waals surface area contributed by atoms with E-state index in [4.69, 9.17) is 16.3 Å². The SMILES string of the molecule is CCOC(=O)C(Br)Cc1ccc(C)cc1Cl. The molecule has 0 aliphatic heterocycles. The zero-order valence-corrected chi connectivity index (χ0v) is 11.6. The predicted molar refractivity (Wildman–Crippen MR) is 69.2 cm³/mol. The van der Waals surface area contributed by atoms with Crippen LogP contribution in [-0.2, 0) is 16.0 Å². The molecule has 0 aromatic heterocycles. The molecule has 1 aromatic carbocycles. The zero-order chi connectivity index (χ0) is 12.1. The standard InChI is InChI=1S/C12H14BrClO2/c1-3-16-12(15)10(13)7-9-5-4-8(2)6-11(9)14/h4-6,10H,3,7H2,1-2H3. The Hall–Kier alpha value is -0.540. The predicted octanol–water partition coefficient (Wildman–Crippen LogP) is 3.52. The lowest BCUT2D eigenvalue weighted by atomic mass is 10.1. The highest BCUT2D eigenvalue weighted by molar-refractivity contribution is 9.10. The minimum atomic E-state index is -0.340. The lowest BCUT2D eigenvalue weighted by Crippen LogP contribution is -2.19. The van der Waals surface area contributed by atoms with E-state index >= 15 is 0 Å². The molecule has 0 fully saturated rings. The topological polar surface area (TPSA) is 26.3 Å². The van der Waals surface area contributed by atoms with E-state index in [0.717, 1.165) is 11.1 Å². The number of esters is 1. The quantitative estimate of drug-likeness (QED) is 0.628. The first-order chi connectivity index (χ1) is 7.54. The van der Waals surface area contributed by atoms with E-state index in [1.54, 1.807) is 6.92 Å². The molecule has 88 valence electrons. The fraction of sp³-hybridized carbons (Fsp3) is 0.417. The van der Waals surface area contributed by atoms with Crippen LogP contribution in [0.1, 0.15) is 18.1 Å². The van der Waals surface area contributed by atoms with Crippen LogP contribution in [-0.4, -0.2) is 17.4 Å². The molecule has 0 aliphatic rings. The Bertz CT molecular complexity index is 379. The van der Waals surface area contributed by atoms with Gasteiger partial charge in [0.05, 0.1) is 6.61 Å². The van der Waals surface area contributed by atoms with Gasteiger partial charge in [0.2, 0.25) is 0 Å². The van der Waals surface area contributed by atoms with Gasteiger partial charge in [-0.1, -0.05) is 39.7 Å². The van der Waals surface area contributed by atoms with Crippen molar-refractivity contribution in [2.45, 2.75) is 25.1 Å². The van der Waals surface area contributed by atoms with E-state index in [1.165, 1.54) is 0 Å². The van der Waals surface area contributed by atoms with Crippen molar-refractivity contribution in [1.29, 1.82) is 0 Å². The normalized spacial score (nSPS) is 12.2. The molecule has 0 bridgehead atoms. The summed E-state index contributed by atoms with van der Waals surface area (Å²) in [4.78, 5) is 11.1. The van der Waals surface area contributed by atoms with Crippen LogP contribution in [0.25, 0.3) is 0 Å². The highest BCUT2D eigenvalue weighted by Gasteiger charge is 2.17. The molecule has 0 N–H and O–H groups in total. The maximum absolute atomic E-state index is 11.4. The molecule has 0 aliphatic carbocycles. The van der Waals surface area contributed by atoms with Gasteiger partial charge in [-0.25, -0.2) is 0 Å². The molecule has 1 atom stereocenters. The van der Waals surface area contributed by atoms with Crippen molar-refractivity contribution < 1.29 is 9.53 Å². The molecule has 2 nitrogen and oxygen atoms in total. The molecule has 0 heterocycles. The summed E-state index contributed by atoms with van der Waals surface area (Å²) in [7, 11) is 0. The first-order valence-electron chi connectivity index (χ1n) is 5.10. The summed E-state index contributed by atoms with van der Waals surface area (Å²) in [6.07, 6.45) is 0.540. The summed E-state index contributed by atoms with van der Waals surface area (Å²) in [6, 6.07) is 5.80. The van der Waals surface area contributed by atoms with Crippen LogP contribution in [0, 0.1) is 6.92 Å². The smallest absolute Gasteiger partial charge is 0.320 e. The average molecular weight is 306 g/mol. The van der Waals surface area contributed by atoms with Gasteiger partial charge in [-0.2, -0.15) is 0 Å². The van der Waals surface area contributed by atoms with E-state index in [2.05, 4.69) is 15.9 Å². The van der Waals surface area contributed by atoms with E-state index in [1.807, 2.05) is 25.1 Å². The van der Waals surface area contributed by atoms with E-state index < -0.39 is 0 Å². The molecule has 0 saturated heterocycles. The maximum atomic E-state index is 11.4. The number of benzene rings is 1. The third-order valence-corrected chi connectivity index (χ3v) is 3.20. The average Bonchev–Trinajstić information content (AvgIpc) is 2.22. The first kappa shape index (κ1) is 13.5. The van der Waals surface area contributed by atoms with Crippen LogP contribution >= 0.6 is 27.5 Å². The zero-order valence-electron chi connectivity index (χ0n) is 9.30. The van der Waals surface area contributed by atoms with Crippen LogP contribution in [0.2, 0.25) is 5.02 Å². The minimum absolute atomic E-state index is 0.251. The van der Waals surface area contributed by atoms with Crippen molar-refractivity contribution in [3.63, 3.8) is 0 Å². The van der Waals surface area contributed by atoms with Gasteiger partial charge in [-0.15, -0.1) is 0 Å². The van der Waals surface area contributed by atoms with Crippen LogP contribution < -0.4 is 0 Å². The Morgan fingerprint density at radius 1 is 1.56 bits per heavy atom. The van der Waals surface area contributed by atoms with Crippen molar-refractivity contribution >= 4 is 33.5 Å². The second kappa shape index (κ2) is 6.26. The highest BCUT2D eigenvalue weighted by atomic mass is 79.9. The van der Waals surface area contributed by atoms with Gasteiger partial charge in [-0.3, -0.25) is 4.79 Å². The number of hydrogen-bond donors (Lipinski definition) is 0. The molecule has 1 rings (SSSR count). The molecule has 16 heavy (non-hydrogen) atoms. The monoisotopic (exact) mass is 304 g/mol. The lowest BCUT2D eigenvalue weighted by molar-refractivity contribution is -0.142. The second-order valence-electron chi connectivity index (χ2n) is 3.52. The summed E-state index contributed by atoms with van der Waals surface area (Å²) in [5, 5.41) is 0.689. The summed E-state index contributed by atoms with van der Waals surface area (Å²) >= 11 is 9.38. The lowest BCUT2D eigenvalue weighted by Gasteiger charge is -2.10. The summed E-state index contributed by atoms with van der Waals surface area (Å²) < 4.78 is 4.91. The van der Waals surface area contributed by atoms with E-state index in [9.17, 15) is 4.79 Å². The number of aryl methyl sites for hydroxylation is 1. The Labute approximate surface area is 109 Å². The van der Waals surface area contributed by atoms with Gasteiger partial charge in [0.1, 0.15) is 4.83 Å². The third-order valence-electron chi connectivity index (χ3n) is 2.15. The van der Waals surface area contributed by atoms with Crippen molar-refractivity contribution in [3.8, 4) is 0 Å². The van der Waals surface area contributed by atoms with Gasteiger partial charge >= 0.3 is 5.97 Å². The Kier molecular flexibility index (Phi) is 5.29. The minimum Gasteiger partial charge on any atom is -0.465 e. The molecular formula is C12H14BrClO2. The second-order valence-corrected chi connectivity index (χ2v) is 5.03. The Morgan fingerprint density at radius 3 is 2.81 bits per heavy atom. The molecule has 0 saturated carbocycles. The molecular weight excluding hydrogens is 291 g/mol. The first-order valence-corrected chi connectivity index (χ1v) is 6.39. The van der Waals surface area contributed by atoms with Crippen molar-refractivity contribution in [2.75, 3.05) is 6.61 Å². The molecule has 4 heteroatoms. The van der Waals surface area contributed by atoms with Gasteiger partial charge < -0.3 is 4.74 Å². The Morgan fingerprint density at radius 2 is 2.25 bits per heavy atom. The molecule has 0 radical (unpaired) electrons. The fourth-order valence-corrected chi connectivity index (χ4v) is 2.12. The van der Waals surface area contributed by atoms with Crippen molar-refractivity contribution in [1.82, 2.24) is 0 Å². The highest BCUT2D eigenvalue weighted by Crippen LogP contribution is 2.21. The largest absolute Gasteiger partial charge is 0.465 e. The van der Waals surface area contributed by atoms with E-state index in [0.29, 0.717) is 18.1 Å². The van der Waals surface area contributed by atoms with Crippen LogP contribution in [0.15, 0.2) is 18.2 Å². The number of alkyl halides is 1. The number of ether oxygens (including phenoxy) is 1. The molecule has 0 amide bonds. The third kappa shape index (κ3) is 3.80. The number of carbonyl (C=O) groups is 1.